The van der Waals surface area contributed by atoms with Crippen LogP contribution in [-0.2, 0) is 11.3 Å². The molecule has 2 aromatic carbocycles. The third-order valence-corrected chi connectivity index (χ3v) is 3.88. The summed E-state index contributed by atoms with van der Waals surface area (Å²) in [6.45, 7) is 2.26. The number of nitrogens with one attached hydrogen (secondary N) is 1. The number of aliphatic hydroxyl groups is 1. The van der Waals surface area contributed by atoms with Crippen LogP contribution in [0.3, 0.4) is 0 Å². The van der Waals surface area contributed by atoms with Crippen LogP contribution in [0.1, 0.15) is 17.2 Å². The smallest absolute Gasteiger partial charge is 0.241 e. The lowest BCUT2D eigenvalue weighted by molar-refractivity contribution is -0.122. The Morgan fingerprint density at radius 1 is 1.22 bits per heavy atom. The van der Waals surface area contributed by atoms with Crippen LogP contribution in [0.4, 0.5) is 0 Å². The molecule has 0 spiro atoms. The van der Waals surface area contributed by atoms with Crippen molar-refractivity contribution in [1.29, 1.82) is 0 Å². The second kappa shape index (κ2) is 6.62. The van der Waals surface area contributed by atoms with E-state index in [9.17, 15) is 9.90 Å². The number of carbonyl (C=O) groups is 1. The summed E-state index contributed by atoms with van der Waals surface area (Å²) in [5, 5.41) is 18.2. The van der Waals surface area contributed by atoms with Gasteiger partial charge in [0.1, 0.15) is 6.54 Å². The average Bonchev–Trinajstić information content (AvgIpc) is 2.96. The summed E-state index contributed by atoms with van der Waals surface area (Å²) >= 11 is 0. The maximum absolute atomic E-state index is 12.1. The number of carbonyl (C=O) groups excluding carboxylic acids is 1. The average molecular weight is 309 g/mol. The molecule has 23 heavy (non-hydrogen) atoms. The van der Waals surface area contributed by atoms with Gasteiger partial charge in [0.25, 0.3) is 0 Å². The lowest BCUT2D eigenvalue weighted by Crippen LogP contribution is -2.31. The second-order valence-electron chi connectivity index (χ2n) is 5.54. The van der Waals surface area contributed by atoms with Crippen molar-refractivity contribution in [2.24, 2.45) is 0 Å². The number of hydrogen-bond donors (Lipinski definition) is 2. The largest absolute Gasteiger partial charge is 0.387 e. The van der Waals surface area contributed by atoms with Crippen molar-refractivity contribution in [1.82, 2.24) is 15.1 Å². The summed E-state index contributed by atoms with van der Waals surface area (Å²) in [6.07, 6.45) is 1.03. The van der Waals surface area contributed by atoms with Crippen LogP contribution in [0.15, 0.2) is 54.7 Å². The van der Waals surface area contributed by atoms with Gasteiger partial charge in [-0.15, -0.1) is 0 Å². The number of aliphatic hydroxyl groups excluding tert-OH is 1. The molecule has 0 saturated carbocycles. The molecule has 0 aliphatic carbocycles. The molecule has 5 heteroatoms. The zero-order valence-electron chi connectivity index (χ0n) is 12.9. The Balaban J connectivity index is 1.61. The SMILES string of the molecule is Cc1ccccc1C(O)CNC(=O)Cn1ncc2ccccc21. The van der Waals surface area contributed by atoms with Crippen molar-refractivity contribution < 1.29 is 9.90 Å². The molecule has 1 unspecified atom stereocenters. The number of amides is 1. The Hall–Kier alpha value is -2.66. The minimum absolute atomic E-state index is 0.133. The van der Waals surface area contributed by atoms with E-state index in [1.54, 1.807) is 10.9 Å². The molecule has 3 rings (SSSR count). The lowest BCUT2D eigenvalue weighted by Gasteiger charge is -2.14. The Labute approximate surface area is 134 Å². The third-order valence-electron chi connectivity index (χ3n) is 3.88. The normalized spacial score (nSPS) is 12.3. The topological polar surface area (TPSA) is 67.2 Å². The number of aromatic nitrogens is 2. The first-order valence-corrected chi connectivity index (χ1v) is 7.56. The minimum atomic E-state index is -0.713. The number of nitrogens with zero attached hydrogens (tertiary/aromatic N) is 2. The molecule has 1 amide bonds. The van der Waals surface area contributed by atoms with Crippen LogP contribution < -0.4 is 5.32 Å². The standard InChI is InChI=1S/C18H19N3O2/c1-13-6-2-4-8-15(13)17(22)11-19-18(23)12-21-16-9-5-3-7-14(16)10-20-21/h2-10,17,22H,11-12H2,1H3,(H,19,23). The highest BCUT2D eigenvalue weighted by Gasteiger charge is 2.12. The highest BCUT2D eigenvalue weighted by atomic mass is 16.3. The van der Waals surface area contributed by atoms with E-state index in [1.807, 2.05) is 55.5 Å². The predicted molar refractivity (Wildman–Crippen MR) is 88.9 cm³/mol. The van der Waals surface area contributed by atoms with Gasteiger partial charge in [0.05, 0.1) is 17.8 Å². The van der Waals surface area contributed by atoms with E-state index in [2.05, 4.69) is 10.4 Å². The van der Waals surface area contributed by atoms with E-state index in [0.717, 1.165) is 22.0 Å². The molecule has 3 aromatic rings. The number of benzene rings is 2. The number of aryl methyl sites for hydroxylation is 1. The number of rotatable bonds is 5. The fourth-order valence-corrected chi connectivity index (χ4v) is 2.62. The maximum atomic E-state index is 12.1. The van der Waals surface area contributed by atoms with Crippen molar-refractivity contribution >= 4 is 16.8 Å². The summed E-state index contributed by atoms with van der Waals surface area (Å²) in [4.78, 5) is 12.1. The molecule has 118 valence electrons. The molecule has 1 atom stereocenters. The molecular weight excluding hydrogens is 290 g/mol. The molecule has 1 aromatic heterocycles. The summed E-state index contributed by atoms with van der Waals surface area (Å²) < 4.78 is 1.66. The first-order chi connectivity index (χ1) is 11.1. The summed E-state index contributed by atoms with van der Waals surface area (Å²) in [6, 6.07) is 15.4. The maximum Gasteiger partial charge on any atom is 0.241 e. The van der Waals surface area contributed by atoms with E-state index in [1.165, 1.54) is 0 Å². The summed E-state index contributed by atoms with van der Waals surface area (Å²) in [5.74, 6) is -0.175. The van der Waals surface area contributed by atoms with Crippen molar-refractivity contribution in [3.05, 3.63) is 65.9 Å². The quantitative estimate of drug-likeness (QED) is 0.759. The summed E-state index contributed by atoms with van der Waals surface area (Å²) in [5.41, 5.74) is 2.76. The molecular formula is C18H19N3O2. The van der Waals surface area contributed by atoms with Crippen molar-refractivity contribution in [3.63, 3.8) is 0 Å². The van der Waals surface area contributed by atoms with E-state index < -0.39 is 6.10 Å². The first kappa shape index (κ1) is 15.2. The number of hydrogen-bond acceptors (Lipinski definition) is 3. The molecule has 0 aliphatic rings. The predicted octanol–water partition coefficient (Wildman–Crippen LogP) is 2.19. The number of para-hydroxylation sites is 1. The highest BCUT2D eigenvalue weighted by molar-refractivity contribution is 5.81. The zero-order chi connectivity index (χ0) is 16.2. The van der Waals surface area contributed by atoms with E-state index >= 15 is 0 Å². The van der Waals surface area contributed by atoms with Gasteiger partial charge in [-0.25, -0.2) is 0 Å². The monoisotopic (exact) mass is 309 g/mol. The Morgan fingerprint density at radius 3 is 2.78 bits per heavy atom. The highest BCUT2D eigenvalue weighted by Crippen LogP contribution is 2.16. The van der Waals surface area contributed by atoms with Crippen LogP contribution >= 0.6 is 0 Å². The molecule has 0 fully saturated rings. The van der Waals surface area contributed by atoms with Gasteiger partial charge >= 0.3 is 0 Å². The Kier molecular flexibility index (Phi) is 4.39. The fraction of sp³-hybridized carbons (Fsp3) is 0.222. The molecule has 2 N–H and O–H groups in total. The molecule has 0 bridgehead atoms. The third kappa shape index (κ3) is 3.40. The van der Waals surface area contributed by atoms with Gasteiger partial charge in [-0.1, -0.05) is 42.5 Å². The van der Waals surface area contributed by atoms with Gasteiger partial charge < -0.3 is 10.4 Å². The number of fused-ring (bicyclic) bond motifs is 1. The molecule has 0 radical (unpaired) electrons. The molecule has 0 aliphatic heterocycles. The lowest BCUT2D eigenvalue weighted by atomic mass is 10.0. The van der Waals surface area contributed by atoms with Gasteiger partial charge in [0, 0.05) is 11.9 Å². The van der Waals surface area contributed by atoms with Gasteiger partial charge in [-0.2, -0.15) is 5.10 Å². The second-order valence-corrected chi connectivity index (χ2v) is 5.54. The zero-order valence-corrected chi connectivity index (χ0v) is 12.9. The van der Waals surface area contributed by atoms with Gasteiger partial charge in [0.15, 0.2) is 0 Å². The van der Waals surface area contributed by atoms with Crippen LogP contribution in [0.2, 0.25) is 0 Å². The minimum Gasteiger partial charge on any atom is -0.387 e. The van der Waals surface area contributed by atoms with Crippen molar-refractivity contribution in [2.75, 3.05) is 6.54 Å². The molecule has 5 nitrogen and oxygen atoms in total. The van der Waals surface area contributed by atoms with Crippen LogP contribution in [0, 0.1) is 6.92 Å². The Bertz CT molecular complexity index is 826. The van der Waals surface area contributed by atoms with E-state index in [-0.39, 0.29) is 19.0 Å². The van der Waals surface area contributed by atoms with Gasteiger partial charge in [-0.3, -0.25) is 9.48 Å². The first-order valence-electron chi connectivity index (χ1n) is 7.56. The Morgan fingerprint density at radius 2 is 1.96 bits per heavy atom. The molecule has 0 saturated heterocycles. The molecule has 1 heterocycles. The van der Waals surface area contributed by atoms with Crippen LogP contribution in [-0.4, -0.2) is 27.3 Å². The van der Waals surface area contributed by atoms with E-state index in [4.69, 9.17) is 0 Å². The van der Waals surface area contributed by atoms with Gasteiger partial charge in [-0.05, 0) is 24.1 Å². The summed E-state index contributed by atoms with van der Waals surface area (Å²) in [7, 11) is 0. The van der Waals surface area contributed by atoms with Crippen LogP contribution in [0.25, 0.3) is 10.9 Å². The van der Waals surface area contributed by atoms with E-state index in [0.29, 0.717) is 0 Å². The van der Waals surface area contributed by atoms with Crippen molar-refractivity contribution in [2.45, 2.75) is 19.6 Å². The fourth-order valence-electron chi connectivity index (χ4n) is 2.62. The van der Waals surface area contributed by atoms with Crippen LogP contribution in [0.5, 0.6) is 0 Å². The van der Waals surface area contributed by atoms with Crippen molar-refractivity contribution in [3.8, 4) is 0 Å². The van der Waals surface area contributed by atoms with Gasteiger partial charge in [0.2, 0.25) is 5.91 Å².